The van der Waals surface area contributed by atoms with E-state index in [0.29, 0.717) is 0 Å². The van der Waals surface area contributed by atoms with Gasteiger partial charge in [0.1, 0.15) is 0 Å². The second-order valence-electron chi connectivity index (χ2n) is 6.63. The summed E-state index contributed by atoms with van der Waals surface area (Å²) in [4.78, 5) is 0. The van der Waals surface area contributed by atoms with Crippen LogP contribution in [0.2, 0.25) is 19.6 Å². The van der Waals surface area contributed by atoms with Crippen molar-refractivity contribution in [2.45, 2.75) is 97.7 Å². The van der Waals surface area contributed by atoms with E-state index in [0.717, 1.165) is 0 Å². The van der Waals surface area contributed by atoms with Gasteiger partial charge in [-0.2, -0.15) is 0 Å². The first-order valence-corrected chi connectivity index (χ1v) is 11.8. The van der Waals surface area contributed by atoms with Gasteiger partial charge < -0.3 is 4.43 Å². The van der Waals surface area contributed by atoms with Crippen LogP contribution >= 0.6 is 0 Å². The Kier molecular flexibility index (Phi) is 11.4. The van der Waals surface area contributed by atoms with Gasteiger partial charge >= 0.3 is 0 Å². The topological polar surface area (TPSA) is 9.23 Å². The quantitative estimate of drug-likeness (QED) is 0.221. The van der Waals surface area contributed by atoms with Crippen LogP contribution in [0.1, 0.15) is 78.1 Å². The fourth-order valence-electron chi connectivity index (χ4n) is 2.06. The van der Waals surface area contributed by atoms with Crippen molar-refractivity contribution in [3.05, 3.63) is 11.8 Å². The van der Waals surface area contributed by atoms with Crippen LogP contribution in [0.15, 0.2) is 11.8 Å². The van der Waals surface area contributed by atoms with Crippen molar-refractivity contribution in [3.63, 3.8) is 0 Å². The summed E-state index contributed by atoms with van der Waals surface area (Å²) in [7, 11) is -1.41. The molecule has 0 heterocycles. The van der Waals surface area contributed by atoms with Gasteiger partial charge in [0.25, 0.3) is 0 Å². The van der Waals surface area contributed by atoms with Crippen LogP contribution in [0.5, 0.6) is 0 Å². The molecule has 0 aromatic carbocycles. The number of hydrogen-bond donors (Lipinski definition) is 0. The number of rotatable bonds is 12. The van der Waals surface area contributed by atoms with E-state index in [4.69, 9.17) is 4.43 Å². The lowest BCUT2D eigenvalue weighted by Crippen LogP contribution is -2.22. The minimum absolute atomic E-state index is 1.25. The van der Waals surface area contributed by atoms with Gasteiger partial charge in [-0.15, -0.1) is 0 Å². The molecule has 114 valence electrons. The summed E-state index contributed by atoms with van der Waals surface area (Å²) in [6, 6.07) is 0. The predicted octanol–water partition coefficient (Wildman–Crippen LogP) is 6.66. The molecule has 0 aliphatic heterocycles. The largest absolute Gasteiger partial charge is 0.550 e. The average Bonchev–Trinajstić information content (AvgIpc) is 2.34. The molecule has 0 bridgehead atoms. The Morgan fingerprint density at radius 3 is 1.63 bits per heavy atom. The number of hydrogen-bond acceptors (Lipinski definition) is 1. The maximum absolute atomic E-state index is 5.98. The maximum Gasteiger partial charge on any atom is 0.241 e. The second kappa shape index (κ2) is 11.6. The lowest BCUT2D eigenvalue weighted by atomic mass is 10.0. The van der Waals surface area contributed by atoms with Gasteiger partial charge in [-0.1, -0.05) is 52.4 Å². The Morgan fingerprint density at radius 2 is 1.26 bits per heavy atom. The summed E-state index contributed by atoms with van der Waals surface area (Å²) >= 11 is 0. The Labute approximate surface area is 123 Å². The monoisotopic (exact) mass is 284 g/mol. The third-order valence-electron chi connectivity index (χ3n) is 3.28. The number of allylic oxidation sites excluding steroid dienone is 1. The van der Waals surface area contributed by atoms with Crippen LogP contribution in [-0.4, -0.2) is 8.32 Å². The van der Waals surface area contributed by atoms with Crippen LogP contribution in [0.3, 0.4) is 0 Å². The highest BCUT2D eigenvalue weighted by Gasteiger charge is 2.13. The zero-order valence-electron chi connectivity index (χ0n) is 14.1. The van der Waals surface area contributed by atoms with E-state index in [1.807, 2.05) is 0 Å². The molecule has 0 unspecified atom stereocenters. The van der Waals surface area contributed by atoms with E-state index < -0.39 is 8.32 Å². The van der Waals surface area contributed by atoms with E-state index >= 15 is 0 Å². The van der Waals surface area contributed by atoms with Gasteiger partial charge in [0, 0.05) is 0 Å². The molecular formula is C17H36OSi. The van der Waals surface area contributed by atoms with E-state index in [2.05, 4.69) is 39.8 Å². The van der Waals surface area contributed by atoms with Gasteiger partial charge in [-0.25, -0.2) is 0 Å². The van der Waals surface area contributed by atoms with Gasteiger partial charge in [0.2, 0.25) is 8.32 Å². The fourth-order valence-corrected chi connectivity index (χ4v) is 2.58. The second-order valence-corrected chi connectivity index (χ2v) is 11.1. The first-order valence-electron chi connectivity index (χ1n) is 8.35. The van der Waals surface area contributed by atoms with Crippen molar-refractivity contribution in [3.8, 4) is 0 Å². The van der Waals surface area contributed by atoms with Crippen LogP contribution in [-0.2, 0) is 4.43 Å². The first kappa shape index (κ1) is 18.8. The minimum Gasteiger partial charge on any atom is -0.550 e. The van der Waals surface area contributed by atoms with Crippen molar-refractivity contribution in [2.75, 3.05) is 0 Å². The van der Waals surface area contributed by atoms with Crippen molar-refractivity contribution in [2.24, 2.45) is 0 Å². The third-order valence-corrected chi connectivity index (χ3v) is 4.11. The van der Waals surface area contributed by atoms with Crippen LogP contribution in [0.4, 0.5) is 0 Å². The summed E-state index contributed by atoms with van der Waals surface area (Å²) in [5.74, 6) is 0. The molecule has 0 saturated carbocycles. The molecule has 0 aromatic heterocycles. The van der Waals surface area contributed by atoms with Crippen LogP contribution < -0.4 is 0 Å². The molecule has 0 atom stereocenters. The molecule has 0 N–H and O–H groups in total. The fraction of sp³-hybridized carbons (Fsp3) is 0.882. The molecule has 0 spiro atoms. The molecule has 19 heavy (non-hydrogen) atoms. The Morgan fingerprint density at radius 1 is 0.789 bits per heavy atom. The lowest BCUT2D eigenvalue weighted by Gasteiger charge is -2.17. The SMILES string of the molecule is CCCCCCC(=CO[Si](C)(C)C)CCCCCC. The smallest absolute Gasteiger partial charge is 0.241 e. The highest BCUT2D eigenvalue weighted by Crippen LogP contribution is 2.19. The predicted molar refractivity (Wildman–Crippen MR) is 90.0 cm³/mol. The first-order chi connectivity index (χ1) is 8.99. The molecule has 0 rings (SSSR count). The summed E-state index contributed by atoms with van der Waals surface area (Å²) in [5, 5.41) is 0. The lowest BCUT2D eigenvalue weighted by molar-refractivity contribution is 0.463. The molecule has 0 amide bonds. The highest BCUT2D eigenvalue weighted by atomic mass is 28.4. The molecule has 0 aliphatic carbocycles. The zero-order valence-corrected chi connectivity index (χ0v) is 15.1. The van der Waals surface area contributed by atoms with Crippen molar-refractivity contribution < 1.29 is 4.43 Å². The van der Waals surface area contributed by atoms with E-state index in [1.54, 1.807) is 5.57 Å². The van der Waals surface area contributed by atoms with Gasteiger partial charge in [0.05, 0.1) is 6.26 Å². The Hall–Kier alpha value is -0.243. The van der Waals surface area contributed by atoms with E-state index in [1.165, 1.54) is 64.2 Å². The molecule has 1 nitrogen and oxygen atoms in total. The normalized spacial score (nSPS) is 11.4. The van der Waals surface area contributed by atoms with Gasteiger partial charge in [-0.3, -0.25) is 0 Å². The molecule has 0 aromatic rings. The zero-order chi connectivity index (χ0) is 14.6. The van der Waals surface area contributed by atoms with E-state index in [-0.39, 0.29) is 0 Å². The Balaban J connectivity index is 4.06. The van der Waals surface area contributed by atoms with E-state index in [9.17, 15) is 0 Å². The molecular weight excluding hydrogens is 248 g/mol. The summed E-state index contributed by atoms with van der Waals surface area (Å²) < 4.78 is 5.98. The standard InChI is InChI=1S/C17H36OSi/c1-6-8-10-12-14-17(15-13-11-9-7-2)16-18-19(3,4)5/h16H,6-15H2,1-5H3. The molecule has 0 radical (unpaired) electrons. The van der Waals surface area contributed by atoms with Crippen LogP contribution in [0.25, 0.3) is 0 Å². The molecule has 2 heteroatoms. The van der Waals surface area contributed by atoms with Crippen molar-refractivity contribution in [1.29, 1.82) is 0 Å². The van der Waals surface area contributed by atoms with Crippen molar-refractivity contribution >= 4 is 8.32 Å². The van der Waals surface area contributed by atoms with Crippen LogP contribution in [0, 0.1) is 0 Å². The summed E-state index contributed by atoms with van der Waals surface area (Å²) in [6.07, 6.45) is 15.4. The summed E-state index contributed by atoms with van der Waals surface area (Å²) in [6.45, 7) is 11.3. The third kappa shape index (κ3) is 14.0. The van der Waals surface area contributed by atoms with Crippen molar-refractivity contribution in [1.82, 2.24) is 0 Å². The molecule has 0 saturated heterocycles. The maximum atomic E-state index is 5.98. The minimum atomic E-state index is -1.41. The number of unbranched alkanes of at least 4 members (excludes halogenated alkanes) is 6. The molecule has 0 aliphatic rings. The highest BCUT2D eigenvalue weighted by molar-refractivity contribution is 6.69. The molecule has 0 fully saturated rings. The van der Waals surface area contributed by atoms with Gasteiger partial charge in [-0.05, 0) is 50.9 Å². The van der Waals surface area contributed by atoms with Gasteiger partial charge in [0.15, 0.2) is 0 Å². The summed E-state index contributed by atoms with van der Waals surface area (Å²) in [5.41, 5.74) is 1.55. The average molecular weight is 285 g/mol. The Bertz CT molecular complexity index is 214.